The summed E-state index contributed by atoms with van der Waals surface area (Å²) in [6, 6.07) is 6.63. The van der Waals surface area contributed by atoms with Crippen molar-refractivity contribution in [3.63, 3.8) is 0 Å². The molecule has 0 spiro atoms. The van der Waals surface area contributed by atoms with Crippen molar-refractivity contribution in [3.8, 4) is 0 Å². The Labute approximate surface area is 127 Å². The van der Waals surface area contributed by atoms with Crippen LogP contribution < -0.4 is 0 Å². The van der Waals surface area contributed by atoms with Crippen LogP contribution in [0, 0.1) is 33.5 Å². The highest BCUT2D eigenvalue weighted by atomic mass is 79.9. The molecule has 0 saturated heterocycles. The minimum absolute atomic E-state index is 0.101. The van der Waals surface area contributed by atoms with Crippen LogP contribution in [0.5, 0.6) is 0 Å². The van der Waals surface area contributed by atoms with E-state index in [9.17, 15) is 9.18 Å². The lowest BCUT2D eigenvalue weighted by Gasteiger charge is -2.15. The standard InChI is InChI=1S/C17H16BrFO/c1-9-8-10(2)12(4)15(11(9)3)17(20)16-13(18)6-5-7-14(16)19/h5-8H,1-4H3. The van der Waals surface area contributed by atoms with Gasteiger partial charge in [-0.2, -0.15) is 0 Å². The minimum Gasteiger partial charge on any atom is -0.288 e. The molecular formula is C17H16BrFO. The Morgan fingerprint density at radius 1 is 1.00 bits per heavy atom. The molecule has 0 unspecified atom stereocenters. The van der Waals surface area contributed by atoms with Crippen molar-refractivity contribution in [1.29, 1.82) is 0 Å². The summed E-state index contributed by atoms with van der Waals surface area (Å²) in [4.78, 5) is 12.8. The zero-order valence-corrected chi connectivity index (χ0v) is 13.6. The molecule has 0 bridgehead atoms. The van der Waals surface area contributed by atoms with Crippen LogP contribution in [-0.2, 0) is 0 Å². The first-order valence-corrected chi connectivity index (χ1v) is 7.20. The van der Waals surface area contributed by atoms with Crippen LogP contribution in [0.1, 0.15) is 38.2 Å². The lowest BCUT2D eigenvalue weighted by atomic mass is 9.89. The molecule has 0 aliphatic rings. The SMILES string of the molecule is Cc1cc(C)c(C)c(C(=O)c2c(F)cccc2Br)c1C. The largest absolute Gasteiger partial charge is 0.288 e. The average Bonchev–Trinajstić information content (AvgIpc) is 2.36. The van der Waals surface area contributed by atoms with Gasteiger partial charge in [-0.05, 0) is 78.0 Å². The molecule has 0 aliphatic carbocycles. The average molecular weight is 335 g/mol. The van der Waals surface area contributed by atoms with Gasteiger partial charge < -0.3 is 0 Å². The van der Waals surface area contributed by atoms with Crippen LogP contribution in [-0.4, -0.2) is 5.78 Å². The third kappa shape index (κ3) is 2.42. The Kier molecular flexibility index (Phi) is 4.09. The van der Waals surface area contributed by atoms with Crippen LogP contribution in [0.4, 0.5) is 4.39 Å². The highest BCUT2D eigenvalue weighted by molar-refractivity contribution is 9.10. The predicted octanol–water partition coefficient (Wildman–Crippen LogP) is 5.05. The van der Waals surface area contributed by atoms with Crippen LogP contribution in [0.25, 0.3) is 0 Å². The van der Waals surface area contributed by atoms with Gasteiger partial charge in [0.15, 0.2) is 5.78 Å². The number of hydrogen-bond donors (Lipinski definition) is 0. The van der Waals surface area contributed by atoms with E-state index < -0.39 is 5.82 Å². The van der Waals surface area contributed by atoms with Gasteiger partial charge in [0, 0.05) is 10.0 Å². The van der Waals surface area contributed by atoms with Gasteiger partial charge in [-0.3, -0.25) is 4.79 Å². The zero-order chi connectivity index (χ0) is 15.0. The second kappa shape index (κ2) is 5.49. The normalized spacial score (nSPS) is 10.7. The number of carbonyl (C=O) groups is 1. The molecular weight excluding hydrogens is 319 g/mol. The molecule has 0 heterocycles. The number of carbonyl (C=O) groups excluding carboxylic acids is 1. The maximum absolute atomic E-state index is 14.0. The quantitative estimate of drug-likeness (QED) is 0.702. The zero-order valence-electron chi connectivity index (χ0n) is 12.0. The van der Waals surface area contributed by atoms with E-state index in [0.717, 1.165) is 22.3 Å². The first kappa shape index (κ1) is 14.9. The van der Waals surface area contributed by atoms with Crippen LogP contribution in [0.2, 0.25) is 0 Å². The highest BCUT2D eigenvalue weighted by Gasteiger charge is 2.22. The van der Waals surface area contributed by atoms with E-state index in [1.807, 2.05) is 27.7 Å². The van der Waals surface area contributed by atoms with E-state index in [1.165, 1.54) is 6.07 Å². The maximum Gasteiger partial charge on any atom is 0.197 e. The molecule has 0 aromatic heterocycles. The molecule has 104 valence electrons. The Hall–Kier alpha value is -1.48. The number of halogens is 2. The smallest absolute Gasteiger partial charge is 0.197 e. The summed E-state index contributed by atoms with van der Waals surface area (Å²) in [7, 11) is 0. The number of rotatable bonds is 2. The molecule has 0 N–H and O–H groups in total. The van der Waals surface area contributed by atoms with E-state index >= 15 is 0 Å². The summed E-state index contributed by atoms with van der Waals surface area (Å²) in [5, 5.41) is 0. The summed E-state index contributed by atoms with van der Waals surface area (Å²) in [6.07, 6.45) is 0. The molecule has 0 fully saturated rings. The molecule has 0 radical (unpaired) electrons. The van der Waals surface area contributed by atoms with Crippen molar-refractivity contribution in [2.45, 2.75) is 27.7 Å². The molecule has 2 aromatic carbocycles. The van der Waals surface area contributed by atoms with Gasteiger partial charge in [0.2, 0.25) is 0 Å². The molecule has 0 saturated carbocycles. The molecule has 20 heavy (non-hydrogen) atoms. The summed E-state index contributed by atoms with van der Waals surface area (Å²) in [6.45, 7) is 7.75. The van der Waals surface area contributed by atoms with E-state index in [-0.39, 0.29) is 11.3 Å². The number of benzene rings is 2. The van der Waals surface area contributed by atoms with Crippen LogP contribution in [0.3, 0.4) is 0 Å². The Balaban J connectivity index is 2.72. The fourth-order valence-electron chi connectivity index (χ4n) is 2.40. The third-order valence-electron chi connectivity index (χ3n) is 3.78. The number of aryl methyl sites for hydroxylation is 2. The highest BCUT2D eigenvalue weighted by Crippen LogP contribution is 2.28. The van der Waals surface area contributed by atoms with Crippen molar-refractivity contribution >= 4 is 21.7 Å². The molecule has 0 atom stereocenters. The molecule has 2 rings (SSSR count). The van der Waals surface area contributed by atoms with Crippen molar-refractivity contribution in [1.82, 2.24) is 0 Å². The monoisotopic (exact) mass is 334 g/mol. The predicted molar refractivity (Wildman–Crippen MR) is 82.9 cm³/mol. The van der Waals surface area contributed by atoms with Crippen molar-refractivity contribution < 1.29 is 9.18 Å². The van der Waals surface area contributed by atoms with Gasteiger partial charge in [-0.25, -0.2) is 4.39 Å². The van der Waals surface area contributed by atoms with Crippen LogP contribution in [0.15, 0.2) is 28.7 Å². The second-order valence-electron chi connectivity index (χ2n) is 5.06. The van der Waals surface area contributed by atoms with Gasteiger partial charge in [-0.15, -0.1) is 0 Å². The van der Waals surface area contributed by atoms with E-state index in [4.69, 9.17) is 0 Å². The lowest BCUT2D eigenvalue weighted by molar-refractivity contribution is 0.103. The number of hydrogen-bond acceptors (Lipinski definition) is 1. The van der Waals surface area contributed by atoms with Crippen molar-refractivity contribution in [2.24, 2.45) is 0 Å². The van der Waals surface area contributed by atoms with Gasteiger partial charge in [0.05, 0.1) is 5.56 Å². The molecule has 0 aliphatic heterocycles. The molecule has 0 amide bonds. The number of ketones is 1. The minimum atomic E-state index is -0.498. The maximum atomic E-state index is 14.0. The van der Waals surface area contributed by atoms with Crippen LogP contribution >= 0.6 is 15.9 Å². The summed E-state index contributed by atoms with van der Waals surface area (Å²) < 4.78 is 14.5. The van der Waals surface area contributed by atoms with E-state index in [1.54, 1.807) is 12.1 Å². The molecule has 1 nitrogen and oxygen atoms in total. The van der Waals surface area contributed by atoms with Gasteiger partial charge >= 0.3 is 0 Å². The van der Waals surface area contributed by atoms with Crippen molar-refractivity contribution in [2.75, 3.05) is 0 Å². The molecule has 3 heteroatoms. The first-order valence-electron chi connectivity index (χ1n) is 6.40. The van der Waals surface area contributed by atoms with E-state index in [2.05, 4.69) is 22.0 Å². The Bertz CT molecular complexity index is 658. The molecule has 2 aromatic rings. The Morgan fingerprint density at radius 2 is 1.55 bits per heavy atom. The topological polar surface area (TPSA) is 17.1 Å². The summed E-state index contributed by atoms with van der Waals surface area (Å²) >= 11 is 3.27. The second-order valence-corrected chi connectivity index (χ2v) is 5.92. The van der Waals surface area contributed by atoms with Gasteiger partial charge in [0.1, 0.15) is 5.82 Å². The lowest BCUT2D eigenvalue weighted by Crippen LogP contribution is -2.11. The first-order chi connectivity index (χ1) is 9.34. The fraction of sp³-hybridized carbons (Fsp3) is 0.235. The third-order valence-corrected chi connectivity index (χ3v) is 4.44. The van der Waals surface area contributed by atoms with Crippen molar-refractivity contribution in [3.05, 3.63) is 67.9 Å². The van der Waals surface area contributed by atoms with Gasteiger partial charge in [0.25, 0.3) is 0 Å². The van der Waals surface area contributed by atoms with Gasteiger partial charge in [-0.1, -0.05) is 12.1 Å². The summed E-state index contributed by atoms with van der Waals surface area (Å²) in [5.41, 5.74) is 4.62. The fourth-order valence-corrected chi connectivity index (χ4v) is 2.92. The summed E-state index contributed by atoms with van der Waals surface area (Å²) in [5.74, 6) is -0.765. The Morgan fingerprint density at radius 3 is 2.05 bits per heavy atom. The van der Waals surface area contributed by atoms with E-state index in [0.29, 0.717) is 10.0 Å².